The van der Waals surface area contributed by atoms with E-state index in [2.05, 4.69) is 13.8 Å². The minimum atomic E-state index is -1.38. The second-order valence-corrected chi connectivity index (χ2v) is 6.18. The summed E-state index contributed by atoms with van der Waals surface area (Å²) in [6, 6.07) is 9.59. The molecule has 0 aliphatic heterocycles. The number of nitrogens with two attached hydrogens (primary N) is 1. The van der Waals surface area contributed by atoms with E-state index < -0.39 is 23.6 Å². The summed E-state index contributed by atoms with van der Waals surface area (Å²) in [5.74, 6) is -2.44. The monoisotopic (exact) mass is 367 g/mol. The van der Waals surface area contributed by atoms with Crippen LogP contribution in [0.15, 0.2) is 48.5 Å². The number of carbonyl (C=O) groups is 1. The van der Waals surface area contributed by atoms with Crippen LogP contribution in [0.25, 0.3) is 5.57 Å². The Labute approximate surface area is 174 Å². The zero-order chi connectivity index (χ0) is 18.6. The third kappa shape index (κ3) is 5.74. The summed E-state index contributed by atoms with van der Waals surface area (Å²) < 4.78 is 27.4. The molecule has 0 fully saturated rings. The summed E-state index contributed by atoms with van der Waals surface area (Å²) in [4.78, 5) is 10.8. The van der Waals surface area contributed by atoms with Gasteiger partial charge in [0.05, 0.1) is 5.97 Å². The van der Waals surface area contributed by atoms with Crippen molar-refractivity contribution in [3.05, 3.63) is 76.9 Å². The number of hydrogen-bond donors (Lipinski definition) is 1. The summed E-state index contributed by atoms with van der Waals surface area (Å²) in [6.07, 6.45) is 1.52. The molecule has 0 amide bonds. The fourth-order valence-electron chi connectivity index (χ4n) is 2.48. The van der Waals surface area contributed by atoms with Crippen LogP contribution in [0.2, 0.25) is 0 Å². The largest absolute Gasteiger partial charge is 1.00 e. The first-order chi connectivity index (χ1) is 11.8. The molecule has 2 aromatic carbocycles. The standard InChI is InChI=1S/C20H21F2NO2.Na/c1-12(2)13-3-5-14(6-4-13)16(9-10-19(23)20(24)25)17-8-7-15(21)11-18(17)22;/h3-9,11-12,19H,10,23H2,1-2H3,(H,24,25);/q;+1/p-1/b16-9+;. The Morgan fingerprint density at radius 3 is 2.27 bits per heavy atom. The number of aliphatic carboxylic acids is 1. The molecule has 1 unspecified atom stereocenters. The third-order valence-electron chi connectivity index (χ3n) is 3.99. The normalized spacial score (nSPS) is 12.6. The van der Waals surface area contributed by atoms with Crippen molar-refractivity contribution in [3.8, 4) is 0 Å². The molecule has 0 aliphatic carbocycles. The molecule has 2 rings (SSSR count). The minimum Gasteiger partial charge on any atom is -0.548 e. The molecule has 0 saturated heterocycles. The molecule has 132 valence electrons. The van der Waals surface area contributed by atoms with E-state index in [1.54, 1.807) is 6.08 Å². The van der Waals surface area contributed by atoms with Crippen LogP contribution >= 0.6 is 0 Å². The number of carboxylic acids is 1. The molecule has 0 bridgehead atoms. The van der Waals surface area contributed by atoms with E-state index in [1.165, 1.54) is 6.07 Å². The topological polar surface area (TPSA) is 66.2 Å². The molecule has 3 nitrogen and oxygen atoms in total. The van der Waals surface area contributed by atoms with Crippen LogP contribution in [0.3, 0.4) is 0 Å². The summed E-state index contributed by atoms with van der Waals surface area (Å²) in [5.41, 5.74) is 7.95. The van der Waals surface area contributed by atoms with Gasteiger partial charge in [-0.3, -0.25) is 0 Å². The smallest absolute Gasteiger partial charge is 0.548 e. The number of rotatable bonds is 6. The van der Waals surface area contributed by atoms with Crippen LogP contribution in [-0.2, 0) is 4.79 Å². The fraction of sp³-hybridized carbons (Fsp3) is 0.250. The predicted molar refractivity (Wildman–Crippen MR) is 91.6 cm³/mol. The van der Waals surface area contributed by atoms with E-state index in [1.807, 2.05) is 24.3 Å². The van der Waals surface area contributed by atoms with E-state index in [9.17, 15) is 18.7 Å². The van der Waals surface area contributed by atoms with Gasteiger partial charge in [0.1, 0.15) is 11.6 Å². The molecule has 0 aliphatic rings. The minimum absolute atomic E-state index is 0. The zero-order valence-corrected chi connectivity index (χ0v) is 17.1. The molecule has 26 heavy (non-hydrogen) atoms. The first kappa shape index (κ1) is 22.5. The third-order valence-corrected chi connectivity index (χ3v) is 3.99. The van der Waals surface area contributed by atoms with Gasteiger partial charge in [0.2, 0.25) is 0 Å². The van der Waals surface area contributed by atoms with Crippen molar-refractivity contribution in [1.29, 1.82) is 0 Å². The Balaban J connectivity index is 0.00000338. The van der Waals surface area contributed by atoms with Crippen molar-refractivity contribution in [2.24, 2.45) is 5.73 Å². The maximum Gasteiger partial charge on any atom is 1.00 e. The van der Waals surface area contributed by atoms with Crippen molar-refractivity contribution < 1.29 is 48.2 Å². The van der Waals surface area contributed by atoms with Crippen molar-refractivity contribution >= 4 is 11.5 Å². The van der Waals surface area contributed by atoms with Gasteiger partial charge >= 0.3 is 29.6 Å². The second kappa shape index (κ2) is 9.97. The SMILES string of the molecule is CC(C)c1ccc(/C(=C\CC(N)C(=O)[O-])c2ccc(F)cc2F)cc1.[Na+]. The maximum atomic E-state index is 14.2. The van der Waals surface area contributed by atoms with Gasteiger partial charge < -0.3 is 15.6 Å². The maximum absolute atomic E-state index is 14.2. The van der Waals surface area contributed by atoms with Gasteiger partial charge in [-0.1, -0.05) is 44.2 Å². The zero-order valence-electron chi connectivity index (χ0n) is 15.1. The quantitative estimate of drug-likeness (QED) is 0.731. The van der Waals surface area contributed by atoms with Gasteiger partial charge in [0, 0.05) is 17.7 Å². The Morgan fingerprint density at radius 2 is 1.77 bits per heavy atom. The second-order valence-electron chi connectivity index (χ2n) is 6.18. The van der Waals surface area contributed by atoms with Gasteiger partial charge in [-0.2, -0.15) is 0 Å². The summed E-state index contributed by atoms with van der Waals surface area (Å²) >= 11 is 0. The molecule has 0 radical (unpaired) electrons. The van der Waals surface area contributed by atoms with E-state index in [0.717, 1.165) is 17.7 Å². The van der Waals surface area contributed by atoms with Crippen molar-refractivity contribution in [1.82, 2.24) is 0 Å². The molecule has 6 heteroatoms. The Hall–Kier alpha value is -1.53. The van der Waals surface area contributed by atoms with E-state index in [-0.39, 0.29) is 41.5 Å². The Morgan fingerprint density at radius 1 is 1.15 bits per heavy atom. The van der Waals surface area contributed by atoms with Gasteiger partial charge in [0.25, 0.3) is 0 Å². The van der Waals surface area contributed by atoms with Crippen molar-refractivity contribution in [3.63, 3.8) is 0 Å². The molecule has 0 saturated carbocycles. The van der Waals surface area contributed by atoms with Crippen molar-refractivity contribution in [2.75, 3.05) is 0 Å². The van der Waals surface area contributed by atoms with Gasteiger partial charge in [-0.25, -0.2) is 8.78 Å². The van der Waals surface area contributed by atoms with Crippen LogP contribution in [0.5, 0.6) is 0 Å². The van der Waals surface area contributed by atoms with Crippen LogP contribution in [0.4, 0.5) is 8.78 Å². The molecule has 0 aromatic heterocycles. The van der Waals surface area contributed by atoms with E-state index in [4.69, 9.17) is 5.73 Å². The van der Waals surface area contributed by atoms with Crippen LogP contribution < -0.4 is 40.4 Å². The van der Waals surface area contributed by atoms with Crippen LogP contribution in [0.1, 0.15) is 42.9 Å². The predicted octanol–water partition coefficient (Wildman–Crippen LogP) is -0.00880. The Kier molecular flexibility index (Phi) is 8.63. The van der Waals surface area contributed by atoms with Gasteiger partial charge in [0.15, 0.2) is 0 Å². The van der Waals surface area contributed by atoms with E-state index >= 15 is 0 Å². The molecular formula is C20H20F2NNaO2. The van der Waals surface area contributed by atoms with Crippen LogP contribution in [-0.4, -0.2) is 12.0 Å². The van der Waals surface area contributed by atoms with Gasteiger partial charge in [-0.05, 0) is 41.2 Å². The molecule has 2 aromatic rings. The fourth-order valence-corrected chi connectivity index (χ4v) is 2.48. The number of carboxylic acid groups (broad SMARTS) is 1. The number of carbonyl (C=O) groups excluding carboxylic acids is 1. The van der Waals surface area contributed by atoms with E-state index in [0.29, 0.717) is 17.1 Å². The first-order valence-electron chi connectivity index (χ1n) is 8.02. The van der Waals surface area contributed by atoms with Crippen molar-refractivity contribution in [2.45, 2.75) is 32.2 Å². The summed E-state index contributed by atoms with van der Waals surface area (Å²) in [6.45, 7) is 4.12. The molecule has 2 N–H and O–H groups in total. The molecule has 0 heterocycles. The van der Waals surface area contributed by atoms with Gasteiger partial charge in [-0.15, -0.1) is 0 Å². The average Bonchev–Trinajstić information content (AvgIpc) is 2.56. The number of benzene rings is 2. The molecule has 0 spiro atoms. The van der Waals surface area contributed by atoms with Crippen LogP contribution in [0, 0.1) is 11.6 Å². The summed E-state index contributed by atoms with van der Waals surface area (Å²) in [7, 11) is 0. The average molecular weight is 367 g/mol. The molecule has 1 atom stereocenters. The summed E-state index contributed by atoms with van der Waals surface area (Å²) in [5, 5.41) is 10.8. The number of halogens is 2. The first-order valence-corrected chi connectivity index (χ1v) is 8.02. The Bertz CT molecular complexity index is 789. The molecular weight excluding hydrogens is 347 g/mol. The number of hydrogen-bond acceptors (Lipinski definition) is 3.